The molecule has 0 aromatic heterocycles. The lowest BCUT2D eigenvalue weighted by Crippen LogP contribution is -2.38. The smallest absolute Gasteiger partial charge is 0.296 e. The lowest BCUT2D eigenvalue weighted by atomic mass is 9.92. The molecule has 0 fully saturated rings. The Kier molecular flexibility index (Phi) is 5.97. The van der Waals surface area contributed by atoms with Crippen LogP contribution in [0.25, 0.3) is 0 Å². The van der Waals surface area contributed by atoms with Crippen molar-refractivity contribution in [3.63, 3.8) is 0 Å². The Labute approximate surface area is 138 Å². The van der Waals surface area contributed by atoms with Crippen molar-refractivity contribution in [2.75, 3.05) is 13.7 Å². The van der Waals surface area contributed by atoms with Crippen molar-refractivity contribution in [3.05, 3.63) is 42.0 Å². The van der Waals surface area contributed by atoms with E-state index in [1.165, 1.54) is 0 Å². The van der Waals surface area contributed by atoms with Crippen LogP contribution in [0.2, 0.25) is 0 Å². The lowest BCUT2D eigenvalue weighted by Gasteiger charge is -2.33. The Morgan fingerprint density at radius 2 is 1.87 bits per heavy atom. The summed E-state index contributed by atoms with van der Waals surface area (Å²) in [7, 11) is -2.18. The van der Waals surface area contributed by atoms with Crippen molar-refractivity contribution in [2.24, 2.45) is 11.8 Å². The highest BCUT2D eigenvalue weighted by Crippen LogP contribution is 2.26. The lowest BCUT2D eigenvalue weighted by molar-refractivity contribution is -0.160. The van der Waals surface area contributed by atoms with Gasteiger partial charge in [0.1, 0.15) is 0 Å². The van der Waals surface area contributed by atoms with Gasteiger partial charge in [0, 0.05) is 18.9 Å². The summed E-state index contributed by atoms with van der Waals surface area (Å²) in [5.74, 6) is 0.0786. The molecule has 0 saturated carbocycles. The summed E-state index contributed by atoms with van der Waals surface area (Å²) in [6.07, 6.45) is 3.33. The van der Waals surface area contributed by atoms with E-state index in [4.69, 9.17) is 13.7 Å². The molecule has 5 nitrogen and oxygen atoms in total. The fraction of sp³-hybridized carbons (Fsp3) is 0.529. The molecular formula is C17H24O5S. The summed E-state index contributed by atoms with van der Waals surface area (Å²) >= 11 is 0. The van der Waals surface area contributed by atoms with Crippen molar-refractivity contribution in [3.8, 4) is 0 Å². The minimum Gasteiger partial charge on any atom is -0.352 e. The molecule has 1 aromatic carbocycles. The maximum atomic E-state index is 12.2. The molecule has 4 atom stereocenters. The van der Waals surface area contributed by atoms with Crippen LogP contribution in [0.4, 0.5) is 0 Å². The Morgan fingerprint density at radius 3 is 2.48 bits per heavy atom. The number of ether oxygens (including phenoxy) is 2. The number of rotatable bonds is 6. The minimum atomic E-state index is -3.75. The zero-order chi connectivity index (χ0) is 17.0. The van der Waals surface area contributed by atoms with Gasteiger partial charge in [0.15, 0.2) is 6.29 Å². The van der Waals surface area contributed by atoms with Gasteiger partial charge in [0.2, 0.25) is 0 Å². The van der Waals surface area contributed by atoms with E-state index < -0.39 is 16.4 Å². The minimum absolute atomic E-state index is 0.0650. The Balaban J connectivity index is 1.99. The third-order valence-corrected chi connectivity index (χ3v) is 5.27. The SMILES string of the molecule is CO[C@H]1C=C[C@H](C)[C@H]([C@@H](C)COS(=O)(=O)c2ccc(C)cc2)O1. The monoisotopic (exact) mass is 340 g/mol. The highest BCUT2D eigenvalue weighted by atomic mass is 32.2. The molecule has 0 amide bonds. The highest BCUT2D eigenvalue weighted by Gasteiger charge is 2.30. The van der Waals surface area contributed by atoms with Crippen LogP contribution in [0.1, 0.15) is 19.4 Å². The van der Waals surface area contributed by atoms with Crippen LogP contribution < -0.4 is 0 Å². The van der Waals surface area contributed by atoms with Crippen molar-refractivity contribution in [2.45, 2.75) is 38.1 Å². The van der Waals surface area contributed by atoms with Crippen molar-refractivity contribution in [1.82, 2.24) is 0 Å². The van der Waals surface area contributed by atoms with Crippen LogP contribution in [-0.2, 0) is 23.8 Å². The van der Waals surface area contributed by atoms with Crippen LogP contribution in [0.3, 0.4) is 0 Å². The average molecular weight is 340 g/mol. The molecule has 1 aliphatic rings. The normalized spacial score (nSPS) is 26.2. The van der Waals surface area contributed by atoms with E-state index in [2.05, 4.69) is 0 Å². The molecule has 1 aliphatic heterocycles. The second kappa shape index (κ2) is 7.57. The summed E-state index contributed by atoms with van der Waals surface area (Å²) in [6.45, 7) is 5.91. The predicted octanol–water partition coefficient (Wildman–Crippen LogP) is 2.90. The third kappa shape index (κ3) is 4.64. The van der Waals surface area contributed by atoms with Gasteiger partial charge in [-0.3, -0.25) is 4.18 Å². The molecule has 0 unspecified atom stereocenters. The molecule has 0 spiro atoms. The fourth-order valence-corrected chi connectivity index (χ4v) is 3.55. The van der Waals surface area contributed by atoms with Gasteiger partial charge < -0.3 is 9.47 Å². The second-order valence-electron chi connectivity index (χ2n) is 5.98. The zero-order valence-electron chi connectivity index (χ0n) is 13.9. The molecule has 128 valence electrons. The number of benzene rings is 1. The molecule has 0 N–H and O–H groups in total. The molecule has 2 rings (SSSR count). The van der Waals surface area contributed by atoms with Gasteiger partial charge in [-0.15, -0.1) is 0 Å². The van der Waals surface area contributed by atoms with Crippen LogP contribution in [-0.4, -0.2) is 34.5 Å². The van der Waals surface area contributed by atoms with Crippen LogP contribution in [0.15, 0.2) is 41.3 Å². The van der Waals surface area contributed by atoms with Gasteiger partial charge in [-0.25, -0.2) is 0 Å². The van der Waals surface area contributed by atoms with E-state index in [9.17, 15) is 8.42 Å². The van der Waals surface area contributed by atoms with E-state index in [-0.39, 0.29) is 29.4 Å². The summed E-state index contributed by atoms with van der Waals surface area (Å²) in [6, 6.07) is 6.61. The highest BCUT2D eigenvalue weighted by molar-refractivity contribution is 7.86. The largest absolute Gasteiger partial charge is 0.352 e. The quantitative estimate of drug-likeness (QED) is 0.588. The van der Waals surface area contributed by atoms with E-state index in [0.717, 1.165) is 5.56 Å². The van der Waals surface area contributed by atoms with Crippen LogP contribution in [0.5, 0.6) is 0 Å². The fourth-order valence-electron chi connectivity index (χ4n) is 2.55. The van der Waals surface area contributed by atoms with Gasteiger partial charge in [-0.1, -0.05) is 37.6 Å². The molecule has 0 saturated heterocycles. The second-order valence-corrected chi connectivity index (χ2v) is 7.59. The molecule has 1 aromatic rings. The van der Waals surface area contributed by atoms with Crippen LogP contribution in [0, 0.1) is 18.8 Å². The first-order valence-electron chi connectivity index (χ1n) is 7.66. The first kappa shape index (κ1) is 18.1. The first-order valence-corrected chi connectivity index (χ1v) is 9.07. The van der Waals surface area contributed by atoms with Crippen molar-refractivity contribution < 1.29 is 22.1 Å². The summed E-state index contributed by atoms with van der Waals surface area (Å²) in [4.78, 5) is 0.169. The average Bonchev–Trinajstić information content (AvgIpc) is 2.53. The molecule has 0 bridgehead atoms. The topological polar surface area (TPSA) is 61.8 Å². The van der Waals surface area contributed by atoms with Gasteiger partial charge >= 0.3 is 0 Å². The van der Waals surface area contributed by atoms with Crippen molar-refractivity contribution >= 4 is 10.1 Å². The van der Waals surface area contributed by atoms with Gasteiger partial charge in [0.25, 0.3) is 10.1 Å². The number of aryl methyl sites for hydroxylation is 1. The molecule has 0 radical (unpaired) electrons. The Hall–Kier alpha value is -1.21. The molecule has 23 heavy (non-hydrogen) atoms. The number of methoxy groups -OCH3 is 1. The van der Waals surface area contributed by atoms with Crippen LogP contribution >= 0.6 is 0 Å². The molecular weight excluding hydrogens is 316 g/mol. The van der Waals surface area contributed by atoms with Gasteiger partial charge in [0.05, 0.1) is 17.6 Å². The first-order chi connectivity index (χ1) is 10.8. The van der Waals surface area contributed by atoms with Gasteiger partial charge in [-0.05, 0) is 25.1 Å². The summed E-state index contributed by atoms with van der Waals surface area (Å²) in [5, 5.41) is 0. The standard InChI is InChI=1S/C17H24O5S/c1-12-5-8-15(9-6-12)23(18,19)21-11-14(3)17-13(2)7-10-16(20-4)22-17/h5-10,13-14,16-17H,11H2,1-4H3/t13-,14-,16+,17+/m0/s1. The third-order valence-electron chi connectivity index (χ3n) is 3.97. The summed E-state index contributed by atoms with van der Waals surface area (Å²) < 4.78 is 40.7. The molecule has 1 heterocycles. The van der Waals surface area contributed by atoms with E-state index >= 15 is 0 Å². The molecule has 6 heteroatoms. The van der Waals surface area contributed by atoms with Crippen molar-refractivity contribution in [1.29, 1.82) is 0 Å². The summed E-state index contributed by atoms with van der Waals surface area (Å²) in [5.41, 5.74) is 0.999. The van der Waals surface area contributed by atoms with E-state index in [1.54, 1.807) is 31.4 Å². The molecule has 0 aliphatic carbocycles. The van der Waals surface area contributed by atoms with Gasteiger partial charge in [-0.2, -0.15) is 8.42 Å². The predicted molar refractivity (Wildman–Crippen MR) is 87.5 cm³/mol. The zero-order valence-corrected chi connectivity index (χ0v) is 14.7. The Bertz CT molecular complexity index is 635. The Morgan fingerprint density at radius 1 is 1.22 bits per heavy atom. The maximum Gasteiger partial charge on any atom is 0.296 e. The number of hydrogen-bond acceptors (Lipinski definition) is 5. The van der Waals surface area contributed by atoms with E-state index in [0.29, 0.717) is 0 Å². The maximum absolute atomic E-state index is 12.2. The van der Waals surface area contributed by atoms with E-state index in [1.807, 2.05) is 32.9 Å². The number of hydrogen-bond donors (Lipinski definition) is 0.